The minimum absolute atomic E-state index is 0.207. The normalized spacial score (nSPS) is 13.3. The van der Waals surface area contributed by atoms with E-state index in [4.69, 9.17) is 21.1 Å². The topological polar surface area (TPSA) is 90.4 Å². The number of alkyl halides is 3. The molecule has 142 valence electrons. The van der Waals surface area contributed by atoms with E-state index in [1.165, 1.54) is 19.2 Å². The summed E-state index contributed by atoms with van der Waals surface area (Å²) in [4.78, 5) is -0.643. The average Bonchev–Trinajstić information content (AvgIpc) is 2.59. The average molecular weight is 412 g/mol. The van der Waals surface area contributed by atoms with Gasteiger partial charge in [0, 0.05) is 11.1 Å². The molecule has 0 aliphatic rings. The summed E-state index contributed by atoms with van der Waals surface area (Å²) in [5.74, 6) is -0.684. The predicted molar refractivity (Wildman–Crippen MR) is 85.7 cm³/mol. The number of aromatic nitrogens is 2. The Hall–Kier alpha value is -2.11. The molecule has 1 unspecified atom stereocenters. The number of methoxy groups -OCH3 is 2. The number of rotatable bonds is 6. The lowest BCUT2D eigenvalue weighted by atomic mass is 10.1. The van der Waals surface area contributed by atoms with Gasteiger partial charge in [0.2, 0.25) is 15.9 Å². The van der Waals surface area contributed by atoms with Crippen molar-refractivity contribution >= 4 is 21.6 Å². The molecule has 0 amide bonds. The number of nitrogens with one attached hydrogen (secondary N) is 1. The third-order valence-corrected chi connectivity index (χ3v) is 4.87. The second kappa shape index (κ2) is 7.64. The van der Waals surface area contributed by atoms with Gasteiger partial charge in [0.05, 0.1) is 14.2 Å². The Morgan fingerprint density at radius 2 is 1.73 bits per heavy atom. The molecule has 7 nitrogen and oxygen atoms in total. The van der Waals surface area contributed by atoms with Crippen LogP contribution in [0.5, 0.6) is 11.8 Å². The number of nitrogens with zero attached hydrogens (tertiary/aromatic N) is 2. The highest BCUT2D eigenvalue weighted by molar-refractivity contribution is 7.89. The van der Waals surface area contributed by atoms with Gasteiger partial charge in [0.25, 0.3) is 5.88 Å². The van der Waals surface area contributed by atoms with Crippen LogP contribution in [0.3, 0.4) is 0 Å². The van der Waals surface area contributed by atoms with E-state index in [-0.39, 0.29) is 16.5 Å². The van der Waals surface area contributed by atoms with Gasteiger partial charge in [-0.15, -0.1) is 10.2 Å². The molecule has 0 saturated heterocycles. The van der Waals surface area contributed by atoms with Crippen molar-refractivity contribution in [2.75, 3.05) is 14.2 Å². The summed E-state index contributed by atoms with van der Waals surface area (Å²) in [5.41, 5.74) is -0.335. The molecule has 12 heteroatoms. The van der Waals surface area contributed by atoms with Crippen LogP contribution in [-0.4, -0.2) is 39.0 Å². The van der Waals surface area contributed by atoms with Gasteiger partial charge in [-0.25, -0.2) is 8.42 Å². The summed E-state index contributed by atoms with van der Waals surface area (Å²) in [7, 11) is -2.38. The van der Waals surface area contributed by atoms with Crippen LogP contribution < -0.4 is 14.2 Å². The highest BCUT2D eigenvalue weighted by atomic mass is 35.5. The fourth-order valence-corrected chi connectivity index (χ4v) is 3.42. The molecule has 0 radical (unpaired) electrons. The fourth-order valence-electron chi connectivity index (χ4n) is 1.98. The first-order chi connectivity index (χ1) is 12.1. The van der Waals surface area contributed by atoms with Crippen molar-refractivity contribution in [2.24, 2.45) is 0 Å². The zero-order chi connectivity index (χ0) is 19.5. The lowest BCUT2D eigenvalue weighted by Crippen LogP contribution is -2.38. The molecule has 1 N–H and O–H groups in total. The van der Waals surface area contributed by atoms with Crippen LogP contribution >= 0.6 is 11.6 Å². The molecule has 1 aromatic carbocycles. The lowest BCUT2D eigenvalue weighted by Gasteiger charge is -2.22. The predicted octanol–water partition coefficient (Wildman–Crippen LogP) is 2.73. The van der Waals surface area contributed by atoms with E-state index in [2.05, 4.69) is 10.2 Å². The first kappa shape index (κ1) is 20.2. The van der Waals surface area contributed by atoms with E-state index in [1.54, 1.807) is 4.72 Å². The smallest absolute Gasteiger partial charge is 0.408 e. The van der Waals surface area contributed by atoms with Gasteiger partial charge in [0.1, 0.15) is 6.04 Å². The summed E-state index contributed by atoms with van der Waals surface area (Å²) in [6.45, 7) is 0. The first-order valence-electron chi connectivity index (χ1n) is 6.88. The number of hydrogen-bond donors (Lipinski definition) is 1. The third kappa shape index (κ3) is 4.54. The standard InChI is InChI=1S/C14H13ClF3N3O4S/c1-24-11-7-10(13(25-2)20-19-11)26(22,23)21-12(14(16,17)18)8-3-5-9(15)6-4-8/h3-7,12,21H,1-2H3. The van der Waals surface area contributed by atoms with E-state index in [0.717, 1.165) is 25.3 Å². The van der Waals surface area contributed by atoms with Gasteiger partial charge >= 0.3 is 6.18 Å². The lowest BCUT2D eigenvalue weighted by molar-refractivity contribution is -0.153. The highest BCUT2D eigenvalue weighted by Gasteiger charge is 2.44. The maximum atomic E-state index is 13.4. The van der Waals surface area contributed by atoms with Gasteiger partial charge in [-0.3, -0.25) is 0 Å². The SMILES string of the molecule is COc1cc(S(=O)(=O)NC(c2ccc(Cl)cc2)C(F)(F)F)c(OC)nn1. The summed E-state index contributed by atoms with van der Waals surface area (Å²) < 4.78 is 76.5. The fraction of sp³-hybridized carbons (Fsp3) is 0.286. The van der Waals surface area contributed by atoms with Crippen LogP contribution in [0.2, 0.25) is 5.02 Å². The van der Waals surface area contributed by atoms with E-state index >= 15 is 0 Å². The summed E-state index contributed by atoms with van der Waals surface area (Å²) in [6.07, 6.45) is -4.90. The Morgan fingerprint density at radius 1 is 1.12 bits per heavy atom. The molecule has 1 atom stereocenters. The minimum atomic E-state index is -4.90. The molecule has 1 aromatic heterocycles. The van der Waals surface area contributed by atoms with Gasteiger partial charge in [-0.05, 0) is 17.7 Å². The molecule has 0 spiro atoms. The van der Waals surface area contributed by atoms with Crippen molar-refractivity contribution in [1.82, 2.24) is 14.9 Å². The van der Waals surface area contributed by atoms with Gasteiger partial charge < -0.3 is 9.47 Å². The quantitative estimate of drug-likeness (QED) is 0.786. The monoisotopic (exact) mass is 411 g/mol. The Labute approximate surface area is 152 Å². The van der Waals surface area contributed by atoms with E-state index in [0.29, 0.717) is 0 Å². The molecule has 0 bridgehead atoms. The highest BCUT2D eigenvalue weighted by Crippen LogP contribution is 2.35. The maximum absolute atomic E-state index is 13.4. The summed E-state index contributed by atoms with van der Waals surface area (Å²) >= 11 is 5.67. The Morgan fingerprint density at radius 3 is 2.23 bits per heavy atom. The zero-order valence-electron chi connectivity index (χ0n) is 13.4. The molecule has 0 aliphatic heterocycles. The van der Waals surface area contributed by atoms with Crippen molar-refractivity contribution in [2.45, 2.75) is 17.1 Å². The van der Waals surface area contributed by atoms with Crippen molar-refractivity contribution in [3.63, 3.8) is 0 Å². The van der Waals surface area contributed by atoms with Crippen molar-refractivity contribution < 1.29 is 31.1 Å². The molecule has 0 fully saturated rings. The summed E-state index contributed by atoms with van der Waals surface area (Å²) in [5, 5.41) is 7.20. The van der Waals surface area contributed by atoms with Crippen LogP contribution in [-0.2, 0) is 10.0 Å². The van der Waals surface area contributed by atoms with Crippen molar-refractivity contribution in [1.29, 1.82) is 0 Å². The molecular formula is C14H13ClF3N3O4S. The largest absolute Gasteiger partial charge is 0.480 e. The van der Waals surface area contributed by atoms with Crippen LogP contribution in [0.1, 0.15) is 11.6 Å². The molecule has 0 aliphatic carbocycles. The van der Waals surface area contributed by atoms with E-state index in [9.17, 15) is 21.6 Å². The Balaban J connectivity index is 2.49. The Kier molecular flexibility index (Phi) is 5.94. The van der Waals surface area contributed by atoms with Gasteiger partial charge in [0.15, 0.2) is 4.90 Å². The Bertz CT molecular complexity index is 876. The molecule has 1 heterocycles. The third-order valence-electron chi connectivity index (χ3n) is 3.20. The molecule has 0 saturated carbocycles. The molecule has 2 rings (SSSR count). The second-order valence-corrected chi connectivity index (χ2v) is 7.03. The van der Waals surface area contributed by atoms with Crippen LogP contribution in [0, 0.1) is 0 Å². The van der Waals surface area contributed by atoms with E-state index < -0.39 is 33.0 Å². The van der Waals surface area contributed by atoms with Crippen LogP contribution in [0.25, 0.3) is 0 Å². The van der Waals surface area contributed by atoms with Gasteiger partial charge in [-0.1, -0.05) is 23.7 Å². The number of halogens is 4. The number of ether oxygens (including phenoxy) is 2. The maximum Gasteiger partial charge on any atom is 0.408 e. The molecular weight excluding hydrogens is 399 g/mol. The van der Waals surface area contributed by atoms with Crippen molar-refractivity contribution in [3.05, 3.63) is 40.9 Å². The first-order valence-corrected chi connectivity index (χ1v) is 8.75. The zero-order valence-corrected chi connectivity index (χ0v) is 15.0. The minimum Gasteiger partial charge on any atom is -0.480 e. The summed E-state index contributed by atoms with van der Waals surface area (Å²) in [6, 6.07) is 3.00. The van der Waals surface area contributed by atoms with Gasteiger partial charge in [-0.2, -0.15) is 17.9 Å². The molecule has 26 heavy (non-hydrogen) atoms. The number of hydrogen-bond acceptors (Lipinski definition) is 6. The van der Waals surface area contributed by atoms with Crippen LogP contribution in [0.15, 0.2) is 35.2 Å². The van der Waals surface area contributed by atoms with Crippen LogP contribution in [0.4, 0.5) is 13.2 Å². The number of benzene rings is 1. The molecule has 2 aromatic rings. The van der Waals surface area contributed by atoms with Crippen molar-refractivity contribution in [3.8, 4) is 11.8 Å². The van der Waals surface area contributed by atoms with E-state index in [1.807, 2.05) is 0 Å². The second-order valence-electron chi connectivity index (χ2n) is 4.91. The number of sulfonamides is 1.